The summed E-state index contributed by atoms with van der Waals surface area (Å²) in [5, 5.41) is 5.91. The molecule has 0 aliphatic rings. The van der Waals surface area contributed by atoms with Crippen LogP contribution < -0.4 is 5.32 Å². The van der Waals surface area contributed by atoms with Crippen LogP contribution in [0.1, 0.15) is 31.3 Å². The minimum atomic E-state index is -0.255. The number of nitrogens with zero attached hydrogens (tertiary/aromatic N) is 1. The predicted molar refractivity (Wildman–Crippen MR) is 120 cm³/mol. The second kappa shape index (κ2) is 9.29. The zero-order valence-electron chi connectivity index (χ0n) is 16.2. The quantitative estimate of drug-likeness (QED) is 0.434. The van der Waals surface area contributed by atoms with Gasteiger partial charge in [0.15, 0.2) is 5.78 Å². The molecule has 0 unspecified atom stereocenters. The summed E-state index contributed by atoms with van der Waals surface area (Å²) in [6.07, 6.45) is 0.637. The van der Waals surface area contributed by atoms with Gasteiger partial charge in [-0.2, -0.15) is 0 Å². The maximum Gasteiger partial charge on any atom is 0.252 e. The molecule has 1 aromatic heterocycles. The highest BCUT2D eigenvalue weighted by Crippen LogP contribution is 2.21. The zero-order valence-corrected chi connectivity index (χ0v) is 17.1. The lowest BCUT2D eigenvalue weighted by atomic mass is 9.98. The number of benzene rings is 3. The fourth-order valence-corrected chi connectivity index (χ4v) is 3.98. The van der Waals surface area contributed by atoms with Crippen LogP contribution in [0.5, 0.6) is 0 Å². The van der Waals surface area contributed by atoms with Crippen LogP contribution in [0, 0.1) is 0 Å². The number of hydrogen-bond donors (Lipinski definition) is 1. The number of nitrogens with one attached hydrogen (secondary N) is 1. The molecule has 4 rings (SSSR count). The van der Waals surface area contributed by atoms with Gasteiger partial charge in [-0.25, -0.2) is 4.98 Å². The second-order valence-electron chi connectivity index (χ2n) is 6.74. The van der Waals surface area contributed by atoms with Gasteiger partial charge in [-0.3, -0.25) is 9.59 Å². The first-order chi connectivity index (χ1) is 14.7. The van der Waals surface area contributed by atoms with Crippen LogP contribution >= 0.6 is 11.3 Å². The Kier molecular flexibility index (Phi) is 6.11. The highest BCUT2D eigenvalue weighted by Gasteiger charge is 2.17. The van der Waals surface area contributed by atoms with Crippen LogP contribution in [0.4, 0.5) is 0 Å². The number of ketones is 1. The Hall–Kier alpha value is -3.57. The normalized spacial score (nSPS) is 10.5. The van der Waals surface area contributed by atoms with Crippen molar-refractivity contribution in [3.8, 4) is 11.3 Å². The number of carbonyl (C=O) groups excluding carboxylic acids is 2. The molecule has 0 spiro atoms. The third-order valence-corrected chi connectivity index (χ3v) is 5.61. The SMILES string of the molecule is O=C(NCCc1nc(-c2ccccc2)cs1)c1ccccc1C(=O)c1ccccc1. The Labute approximate surface area is 179 Å². The molecule has 3 aromatic carbocycles. The van der Waals surface area contributed by atoms with Crippen LogP contribution in [-0.4, -0.2) is 23.2 Å². The first-order valence-electron chi connectivity index (χ1n) is 9.69. The number of carbonyl (C=O) groups is 2. The topological polar surface area (TPSA) is 59.1 Å². The summed E-state index contributed by atoms with van der Waals surface area (Å²) in [5.41, 5.74) is 3.38. The van der Waals surface area contributed by atoms with Crippen LogP contribution in [0.15, 0.2) is 90.3 Å². The summed E-state index contributed by atoms with van der Waals surface area (Å²) in [6.45, 7) is 0.453. The predicted octanol–water partition coefficient (Wildman–Crippen LogP) is 5.01. The molecule has 0 radical (unpaired) electrons. The van der Waals surface area contributed by atoms with Gasteiger partial charge in [-0.15, -0.1) is 11.3 Å². The number of hydrogen-bond acceptors (Lipinski definition) is 4. The summed E-state index contributed by atoms with van der Waals surface area (Å²) in [7, 11) is 0. The van der Waals surface area contributed by atoms with Crippen molar-refractivity contribution in [2.24, 2.45) is 0 Å². The van der Waals surface area contributed by atoms with Crippen molar-refractivity contribution >= 4 is 23.0 Å². The van der Waals surface area contributed by atoms with Crippen LogP contribution in [0.25, 0.3) is 11.3 Å². The maximum atomic E-state index is 12.8. The highest BCUT2D eigenvalue weighted by atomic mass is 32.1. The highest BCUT2D eigenvalue weighted by molar-refractivity contribution is 7.09. The van der Waals surface area contributed by atoms with E-state index in [1.165, 1.54) is 0 Å². The molecule has 4 aromatic rings. The molecule has 5 heteroatoms. The van der Waals surface area contributed by atoms with Gasteiger partial charge in [-0.05, 0) is 6.07 Å². The summed E-state index contributed by atoms with van der Waals surface area (Å²) < 4.78 is 0. The minimum absolute atomic E-state index is 0.159. The van der Waals surface area contributed by atoms with Gasteiger partial charge >= 0.3 is 0 Å². The lowest BCUT2D eigenvalue weighted by Crippen LogP contribution is -2.27. The molecular formula is C25H20N2O2S. The standard InChI is InChI=1S/C25H20N2O2S/c28-24(19-11-5-2-6-12-19)20-13-7-8-14-21(20)25(29)26-16-15-23-27-22(17-30-23)18-9-3-1-4-10-18/h1-14,17H,15-16H2,(H,26,29). The van der Waals surface area contributed by atoms with E-state index in [2.05, 4.69) is 10.3 Å². The van der Waals surface area contributed by atoms with E-state index < -0.39 is 0 Å². The first-order valence-corrected chi connectivity index (χ1v) is 10.6. The third-order valence-electron chi connectivity index (χ3n) is 4.70. The van der Waals surface area contributed by atoms with Crippen molar-refractivity contribution in [2.75, 3.05) is 6.54 Å². The second-order valence-corrected chi connectivity index (χ2v) is 7.68. The van der Waals surface area contributed by atoms with Gasteiger partial charge < -0.3 is 5.32 Å². The number of rotatable bonds is 7. The van der Waals surface area contributed by atoms with Crippen molar-refractivity contribution in [1.82, 2.24) is 10.3 Å². The Morgan fingerprint density at radius 2 is 1.43 bits per heavy atom. The summed E-state index contributed by atoms with van der Waals surface area (Å²) >= 11 is 1.58. The van der Waals surface area contributed by atoms with Gasteiger partial charge in [0.2, 0.25) is 0 Å². The number of thiazole rings is 1. The maximum absolute atomic E-state index is 12.8. The average molecular weight is 413 g/mol. The molecule has 1 heterocycles. The molecule has 0 saturated heterocycles. The third kappa shape index (κ3) is 4.53. The van der Waals surface area contributed by atoms with E-state index in [-0.39, 0.29) is 11.7 Å². The van der Waals surface area contributed by atoms with E-state index in [1.807, 2.05) is 53.9 Å². The van der Waals surface area contributed by atoms with E-state index in [4.69, 9.17) is 0 Å². The van der Waals surface area contributed by atoms with Gasteiger partial charge in [0.1, 0.15) is 0 Å². The van der Waals surface area contributed by atoms with Crippen LogP contribution in [0.2, 0.25) is 0 Å². The van der Waals surface area contributed by atoms with Crippen molar-refractivity contribution in [1.29, 1.82) is 0 Å². The van der Waals surface area contributed by atoms with E-state index >= 15 is 0 Å². The van der Waals surface area contributed by atoms with E-state index in [0.717, 1.165) is 16.3 Å². The summed E-state index contributed by atoms with van der Waals surface area (Å²) in [6, 6.07) is 25.9. The van der Waals surface area contributed by atoms with Gasteiger partial charge in [0.05, 0.1) is 16.3 Å². The van der Waals surface area contributed by atoms with Gasteiger partial charge in [0.25, 0.3) is 5.91 Å². The van der Waals surface area contributed by atoms with Crippen molar-refractivity contribution < 1.29 is 9.59 Å². The Morgan fingerprint density at radius 3 is 2.17 bits per heavy atom. The van der Waals surface area contributed by atoms with E-state index in [1.54, 1.807) is 47.7 Å². The zero-order chi connectivity index (χ0) is 20.8. The van der Waals surface area contributed by atoms with Crippen molar-refractivity contribution in [2.45, 2.75) is 6.42 Å². The molecule has 30 heavy (non-hydrogen) atoms. The molecular weight excluding hydrogens is 392 g/mol. The van der Waals surface area contributed by atoms with Gasteiger partial charge in [0, 0.05) is 35.0 Å². The largest absolute Gasteiger partial charge is 0.352 e. The summed E-state index contributed by atoms with van der Waals surface area (Å²) in [4.78, 5) is 30.2. The minimum Gasteiger partial charge on any atom is -0.352 e. The number of amides is 1. The molecule has 0 bridgehead atoms. The smallest absolute Gasteiger partial charge is 0.252 e. The lowest BCUT2D eigenvalue weighted by molar-refractivity contribution is 0.0942. The lowest BCUT2D eigenvalue weighted by Gasteiger charge is -2.09. The molecule has 4 nitrogen and oxygen atoms in total. The molecule has 0 saturated carbocycles. The summed E-state index contributed by atoms with van der Waals surface area (Å²) in [5.74, 6) is -0.413. The molecule has 1 N–H and O–H groups in total. The average Bonchev–Trinajstić information content (AvgIpc) is 3.28. The molecule has 0 atom stereocenters. The Balaban J connectivity index is 1.41. The van der Waals surface area contributed by atoms with Crippen molar-refractivity contribution in [3.05, 3.63) is 112 Å². The molecule has 0 aliphatic heterocycles. The molecule has 0 aliphatic carbocycles. The monoisotopic (exact) mass is 412 g/mol. The fourth-order valence-electron chi connectivity index (χ4n) is 3.17. The van der Waals surface area contributed by atoms with Crippen LogP contribution in [0.3, 0.4) is 0 Å². The Bertz CT molecular complexity index is 1150. The Morgan fingerprint density at radius 1 is 0.800 bits per heavy atom. The van der Waals surface area contributed by atoms with Crippen LogP contribution in [-0.2, 0) is 6.42 Å². The molecule has 0 fully saturated rings. The van der Waals surface area contributed by atoms with Gasteiger partial charge in [-0.1, -0.05) is 78.9 Å². The van der Waals surface area contributed by atoms with Crippen molar-refractivity contribution in [3.63, 3.8) is 0 Å². The molecule has 148 valence electrons. The molecule has 1 amide bonds. The first kappa shape index (κ1) is 19.7. The van der Waals surface area contributed by atoms with E-state index in [0.29, 0.717) is 29.7 Å². The number of aromatic nitrogens is 1. The van der Waals surface area contributed by atoms with E-state index in [9.17, 15) is 9.59 Å². The fraction of sp³-hybridized carbons (Fsp3) is 0.0800.